The number of hydrogen-bond acceptors (Lipinski definition) is 4. The molecule has 2 aromatic rings. The van der Waals surface area contributed by atoms with Crippen LogP contribution in [0.1, 0.15) is 13.8 Å². The first-order chi connectivity index (χ1) is 11.1. The number of benzene rings is 1. The number of hydrogen-bond donors (Lipinski definition) is 0. The average Bonchev–Trinajstić information content (AvgIpc) is 2.88. The van der Waals surface area contributed by atoms with Crippen LogP contribution in [0.3, 0.4) is 0 Å². The summed E-state index contributed by atoms with van der Waals surface area (Å²) in [4.78, 5) is 18.6. The fraction of sp³-hybridized carbons (Fsp3) is 0.500. The van der Waals surface area contributed by atoms with Crippen LogP contribution >= 0.6 is 23.4 Å². The van der Waals surface area contributed by atoms with E-state index in [-0.39, 0.29) is 5.91 Å². The van der Waals surface area contributed by atoms with Crippen LogP contribution in [-0.4, -0.2) is 52.9 Å². The molecule has 126 valence electrons. The maximum Gasteiger partial charge on any atom is 0.233 e. The van der Waals surface area contributed by atoms with E-state index in [0.717, 1.165) is 29.3 Å². The molecule has 0 aliphatic carbocycles. The highest BCUT2D eigenvalue weighted by Crippen LogP contribution is 2.26. The van der Waals surface area contributed by atoms with Gasteiger partial charge in [-0.05, 0) is 32.0 Å². The van der Waals surface area contributed by atoms with Gasteiger partial charge < -0.3 is 14.2 Å². The van der Waals surface area contributed by atoms with E-state index in [9.17, 15) is 4.79 Å². The van der Waals surface area contributed by atoms with Crippen LogP contribution in [0.5, 0.6) is 0 Å². The second kappa shape index (κ2) is 8.57. The van der Waals surface area contributed by atoms with E-state index in [1.165, 1.54) is 11.8 Å². The number of halogens is 1. The molecule has 5 nitrogen and oxygen atoms in total. The molecule has 0 unspecified atom stereocenters. The van der Waals surface area contributed by atoms with Crippen LogP contribution in [0, 0.1) is 0 Å². The van der Waals surface area contributed by atoms with Crippen LogP contribution in [0.4, 0.5) is 0 Å². The van der Waals surface area contributed by atoms with Crippen molar-refractivity contribution < 1.29 is 9.53 Å². The summed E-state index contributed by atoms with van der Waals surface area (Å²) in [6.45, 7) is 6.71. The summed E-state index contributed by atoms with van der Waals surface area (Å²) >= 11 is 7.51. The maximum atomic E-state index is 12.2. The smallest absolute Gasteiger partial charge is 0.233 e. The Morgan fingerprint density at radius 1 is 1.39 bits per heavy atom. The van der Waals surface area contributed by atoms with E-state index in [1.54, 1.807) is 7.11 Å². The lowest BCUT2D eigenvalue weighted by Crippen LogP contribution is -2.31. The van der Waals surface area contributed by atoms with E-state index in [1.807, 2.05) is 36.9 Å². The quantitative estimate of drug-likeness (QED) is 0.682. The summed E-state index contributed by atoms with van der Waals surface area (Å²) in [5, 5.41) is 1.48. The van der Waals surface area contributed by atoms with Gasteiger partial charge in [-0.25, -0.2) is 4.98 Å². The molecule has 1 amide bonds. The van der Waals surface area contributed by atoms with E-state index < -0.39 is 0 Å². The van der Waals surface area contributed by atoms with Gasteiger partial charge in [-0.3, -0.25) is 4.79 Å². The normalized spacial score (nSPS) is 11.1. The number of thioether (sulfide) groups is 1. The molecular formula is C16H22ClN3O2S. The van der Waals surface area contributed by atoms with Crippen molar-refractivity contribution in [2.24, 2.45) is 0 Å². The van der Waals surface area contributed by atoms with Crippen LogP contribution in [0.25, 0.3) is 11.0 Å². The Hall–Kier alpha value is -1.24. The van der Waals surface area contributed by atoms with E-state index in [0.29, 0.717) is 23.9 Å². The molecule has 0 N–H and O–H groups in total. The minimum absolute atomic E-state index is 0.128. The van der Waals surface area contributed by atoms with Crippen molar-refractivity contribution in [3.63, 3.8) is 0 Å². The van der Waals surface area contributed by atoms with Gasteiger partial charge in [-0.1, -0.05) is 23.4 Å². The molecule has 1 heterocycles. The molecule has 0 saturated carbocycles. The summed E-state index contributed by atoms with van der Waals surface area (Å²) in [6.07, 6.45) is 0. The molecule has 0 saturated heterocycles. The summed E-state index contributed by atoms with van der Waals surface area (Å²) in [6, 6.07) is 5.65. The Morgan fingerprint density at radius 2 is 2.13 bits per heavy atom. The Balaban J connectivity index is 2.22. The first-order valence-electron chi connectivity index (χ1n) is 7.66. The Morgan fingerprint density at radius 3 is 2.78 bits per heavy atom. The lowest BCUT2D eigenvalue weighted by molar-refractivity contribution is -0.127. The lowest BCUT2D eigenvalue weighted by Gasteiger charge is -2.18. The number of carbonyl (C=O) groups is 1. The third kappa shape index (κ3) is 4.40. The number of methoxy groups -OCH3 is 1. The van der Waals surface area contributed by atoms with E-state index in [2.05, 4.69) is 9.55 Å². The average molecular weight is 356 g/mol. The van der Waals surface area contributed by atoms with Gasteiger partial charge in [-0.2, -0.15) is 0 Å². The standard InChI is InChI=1S/C16H22ClN3O2S/c1-4-19(5-2)15(21)11-23-16-18-13-10-12(17)6-7-14(13)20(16)8-9-22-3/h6-7,10H,4-5,8-9,11H2,1-3H3. The highest BCUT2D eigenvalue weighted by molar-refractivity contribution is 7.99. The Labute approximate surface area is 145 Å². The van der Waals surface area contributed by atoms with Gasteiger partial charge in [0.05, 0.1) is 23.4 Å². The van der Waals surface area contributed by atoms with Gasteiger partial charge in [0.25, 0.3) is 0 Å². The van der Waals surface area contributed by atoms with Crippen molar-refractivity contribution in [3.05, 3.63) is 23.2 Å². The highest BCUT2D eigenvalue weighted by Gasteiger charge is 2.15. The van der Waals surface area contributed by atoms with E-state index in [4.69, 9.17) is 16.3 Å². The molecular weight excluding hydrogens is 334 g/mol. The van der Waals surface area contributed by atoms with Gasteiger partial charge in [0, 0.05) is 31.8 Å². The van der Waals surface area contributed by atoms with Crippen molar-refractivity contribution in [1.82, 2.24) is 14.5 Å². The molecule has 0 spiro atoms. The molecule has 0 aliphatic heterocycles. The largest absolute Gasteiger partial charge is 0.383 e. The summed E-state index contributed by atoms with van der Waals surface area (Å²) in [5.74, 6) is 0.509. The van der Waals surface area contributed by atoms with Gasteiger partial charge in [0.15, 0.2) is 5.16 Å². The zero-order chi connectivity index (χ0) is 16.8. The Bertz CT molecular complexity index is 671. The molecule has 0 radical (unpaired) electrons. The minimum Gasteiger partial charge on any atom is -0.383 e. The number of imidazole rings is 1. The number of ether oxygens (including phenoxy) is 1. The summed E-state index contributed by atoms with van der Waals surface area (Å²) < 4.78 is 7.26. The number of carbonyl (C=O) groups excluding carboxylic acids is 1. The van der Waals surface area contributed by atoms with Crippen LogP contribution in [0.2, 0.25) is 5.02 Å². The number of fused-ring (bicyclic) bond motifs is 1. The van der Waals surface area contributed by atoms with Crippen molar-refractivity contribution in [1.29, 1.82) is 0 Å². The third-order valence-corrected chi connectivity index (χ3v) is 4.83. The molecule has 23 heavy (non-hydrogen) atoms. The first kappa shape index (κ1) is 18.1. The molecule has 0 bridgehead atoms. The predicted octanol–water partition coefficient (Wildman–Crippen LogP) is 3.30. The fourth-order valence-corrected chi connectivity index (χ4v) is 3.49. The molecule has 0 aliphatic rings. The summed E-state index contributed by atoms with van der Waals surface area (Å²) in [5.41, 5.74) is 1.84. The van der Waals surface area contributed by atoms with Crippen molar-refractivity contribution >= 4 is 40.3 Å². The van der Waals surface area contributed by atoms with Crippen molar-refractivity contribution in [2.45, 2.75) is 25.5 Å². The molecule has 2 rings (SSSR count). The number of amides is 1. The van der Waals surface area contributed by atoms with Crippen molar-refractivity contribution in [2.75, 3.05) is 32.6 Å². The van der Waals surface area contributed by atoms with Crippen molar-refractivity contribution in [3.8, 4) is 0 Å². The lowest BCUT2D eigenvalue weighted by atomic mass is 10.3. The first-order valence-corrected chi connectivity index (χ1v) is 9.02. The second-order valence-electron chi connectivity index (χ2n) is 5.03. The Kier molecular flexibility index (Phi) is 6.74. The highest BCUT2D eigenvalue weighted by atomic mass is 35.5. The monoisotopic (exact) mass is 355 g/mol. The molecule has 1 aromatic carbocycles. The topological polar surface area (TPSA) is 47.4 Å². The minimum atomic E-state index is 0.128. The molecule has 0 fully saturated rings. The SMILES string of the molecule is CCN(CC)C(=O)CSc1nc2cc(Cl)ccc2n1CCOC. The zero-order valence-corrected chi connectivity index (χ0v) is 15.3. The van der Waals surface area contributed by atoms with Crippen LogP contribution < -0.4 is 0 Å². The summed E-state index contributed by atoms with van der Waals surface area (Å²) in [7, 11) is 1.67. The molecule has 1 aromatic heterocycles. The number of nitrogens with zero attached hydrogens (tertiary/aromatic N) is 3. The number of aromatic nitrogens is 2. The molecule has 7 heteroatoms. The van der Waals surface area contributed by atoms with E-state index >= 15 is 0 Å². The van der Waals surface area contributed by atoms with Gasteiger partial charge >= 0.3 is 0 Å². The van der Waals surface area contributed by atoms with Gasteiger partial charge in [0.2, 0.25) is 5.91 Å². The van der Waals surface area contributed by atoms with Crippen LogP contribution in [-0.2, 0) is 16.1 Å². The van der Waals surface area contributed by atoms with Gasteiger partial charge in [-0.15, -0.1) is 0 Å². The fourth-order valence-electron chi connectivity index (χ4n) is 2.38. The zero-order valence-electron chi connectivity index (χ0n) is 13.7. The predicted molar refractivity (Wildman–Crippen MR) is 95.3 cm³/mol. The second-order valence-corrected chi connectivity index (χ2v) is 6.41. The maximum absolute atomic E-state index is 12.2. The van der Waals surface area contributed by atoms with Crippen LogP contribution in [0.15, 0.2) is 23.4 Å². The van der Waals surface area contributed by atoms with Gasteiger partial charge in [0.1, 0.15) is 0 Å². The number of rotatable bonds is 8. The molecule has 0 atom stereocenters. The third-order valence-electron chi connectivity index (χ3n) is 3.64.